The van der Waals surface area contributed by atoms with Gasteiger partial charge in [0.25, 0.3) is 0 Å². The Hall–Kier alpha value is -1.55. The summed E-state index contributed by atoms with van der Waals surface area (Å²) in [5.74, 6) is 1.74. The first kappa shape index (κ1) is 11.9. The third-order valence-electron chi connectivity index (χ3n) is 2.67. The molecule has 0 amide bonds. The molecule has 17 heavy (non-hydrogen) atoms. The van der Waals surface area contributed by atoms with Crippen LogP contribution in [0.1, 0.15) is 32.6 Å². The molecule has 0 aliphatic heterocycles. The van der Waals surface area contributed by atoms with E-state index in [0.29, 0.717) is 0 Å². The quantitative estimate of drug-likeness (QED) is 0.885. The number of rotatable bonds is 3. The van der Waals surface area contributed by atoms with Crippen LogP contribution in [-0.4, -0.2) is 15.7 Å². The zero-order valence-corrected chi connectivity index (χ0v) is 10.8. The molecule has 0 saturated carbocycles. The van der Waals surface area contributed by atoms with E-state index in [-0.39, 0.29) is 12.1 Å². The lowest BCUT2D eigenvalue weighted by molar-refractivity contribution is 0.242. The van der Waals surface area contributed by atoms with Crippen molar-refractivity contribution >= 4 is 11.0 Å². The first-order valence-corrected chi connectivity index (χ1v) is 5.87. The summed E-state index contributed by atoms with van der Waals surface area (Å²) in [7, 11) is 1.98. The van der Waals surface area contributed by atoms with Crippen LogP contribution in [-0.2, 0) is 7.05 Å². The van der Waals surface area contributed by atoms with Crippen molar-refractivity contribution in [1.82, 2.24) is 9.55 Å². The lowest BCUT2D eigenvalue weighted by Gasteiger charge is -2.09. The molecule has 1 atom stereocenters. The highest BCUT2D eigenvalue weighted by Crippen LogP contribution is 2.23. The molecular weight excluding hydrogens is 214 g/mol. The normalized spacial score (nSPS) is 13.3. The van der Waals surface area contributed by atoms with Crippen molar-refractivity contribution in [2.75, 3.05) is 0 Å². The lowest BCUT2D eigenvalue weighted by atomic mass is 10.3. The summed E-state index contributed by atoms with van der Waals surface area (Å²) in [6.45, 7) is 5.96. The van der Waals surface area contributed by atoms with Gasteiger partial charge in [-0.15, -0.1) is 0 Å². The van der Waals surface area contributed by atoms with Gasteiger partial charge in [0.05, 0.1) is 23.2 Å². The second kappa shape index (κ2) is 4.37. The largest absolute Gasteiger partial charge is 0.491 e. The van der Waals surface area contributed by atoms with Crippen molar-refractivity contribution in [3.05, 3.63) is 24.0 Å². The third-order valence-corrected chi connectivity index (χ3v) is 2.67. The van der Waals surface area contributed by atoms with E-state index < -0.39 is 0 Å². The maximum Gasteiger partial charge on any atom is 0.126 e. The van der Waals surface area contributed by atoms with E-state index in [2.05, 4.69) is 4.98 Å². The molecule has 4 nitrogen and oxygen atoms in total. The molecule has 0 aliphatic carbocycles. The molecule has 1 heterocycles. The molecule has 0 bridgehead atoms. The Morgan fingerprint density at radius 2 is 2.00 bits per heavy atom. The molecule has 92 valence electrons. The van der Waals surface area contributed by atoms with Gasteiger partial charge in [-0.3, -0.25) is 0 Å². The molecule has 0 fully saturated rings. The Morgan fingerprint density at radius 1 is 1.29 bits per heavy atom. The smallest absolute Gasteiger partial charge is 0.126 e. The minimum Gasteiger partial charge on any atom is -0.491 e. The topological polar surface area (TPSA) is 53.1 Å². The van der Waals surface area contributed by atoms with E-state index in [1.807, 2.05) is 50.6 Å². The SMILES string of the molecule is CC(C)Oc1ccc2c(c1)nc(C(C)N)n2C. The molecule has 1 unspecified atom stereocenters. The minimum atomic E-state index is -0.0677. The lowest BCUT2D eigenvalue weighted by Crippen LogP contribution is -2.11. The van der Waals surface area contributed by atoms with Crippen LogP contribution in [0.25, 0.3) is 11.0 Å². The molecule has 1 aromatic carbocycles. The summed E-state index contributed by atoms with van der Waals surface area (Å²) in [6.07, 6.45) is 0.170. The summed E-state index contributed by atoms with van der Waals surface area (Å²) in [5.41, 5.74) is 7.89. The maximum atomic E-state index is 5.88. The second-order valence-corrected chi connectivity index (χ2v) is 4.63. The molecule has 4 heteroatoms. The fourth-order valence-corrected chi connectivity index (χ4v) is 1.95. The summed E-state index contributed by atoms with van der Waals surface area (Å²) in [6, 6.07) is 5.88. The molecule has 2 aromatic rings. The number of nitrogens with two attached hydrogens (primary N) is 1. The predicted octanol–water partition coefficient (Wildman–Crippen LogP) is 2.38. The van der Waals surface area contributed by atoms with E-state index in [0.717, 1.165) is 22.6 Å². The van der Waals surface area contributed by atoms with Gasteiger partial charge in [0.2, 0.25) is 0 Å². The van der Waals surface area contributed by atoms with E-state index in [1.165, 1.54) is 0 Å². The van der Waals surface area contributed by atoms with Crippen molar-refractivity contribution in [1.29, 1.82) is 0 Å². The van der Waals surface area contributed by atoms with Crippen LogP contribution in [0.4, 0.5) is 0 Å². The zero-order valence-electron chi connectivity index (χ0n) is 10.8. The molecule has 1 aromatic heterocycles. The van der Waals surface area contributed by atoms with E-state index in [4.69, 9.17) is 10.5 Å². The number of ether oxygens (including phenoxy) is 1. The molecule has 0 aliphatic rings. The van der Waals surface area contributed by atoms with Gasteiger partial charge < -0.3 is 15.0 Å². The first-order chi connectivity index (χ1) is 7.99. The fraction of sp³-hybridized carbons (Fsp3) is 0.462. The third kappa shape index (κ3) is 2.26. The van der Waals surface area contributed by atoms with Gasteiger partial charge in [-0.25, -0.2) is 4.98 Å². The van der Waals surface area contributed by atoms with Crippen LogP contribution < -0.4 is 10.5 Å². The van der Waals surface area contributed by atoms with Gasteiger partial charge in [0.1, 0.15) is 11.6 Å². The zero-order chi connectivity index (χ0) is 12.6. The average Bonchev–Trinajstić information content (AvgIpc) is 2.55. The van der Waals surface area contributed by atoms with Crippen molar-refractivity contribution in [2.24, 2.45) is 12.8 Å². The number of nitrogens with zero attached hydrogens (tertiary/aromatic N) is 2. The Morgan fingerprint density at radius 3 is 2.59 bits per heavy atom. The molecule has 0 spiro atoms. The van der Waals surface area contributed by atoms with E-state index >= 15 is 0 Å². The molecular formula is C13H19N3O. The molecule has 0 radical (unpaired) electrons. The predicted molar refractivity (Wildman–Crippen MR) is 69.1 cm³/mol. The van der Waals surface area contributed by atoms with Crippen molar-refractivity contribution in [3.63, 3.8) is 0 Å². The summed E-state index contributed by atoms with van der Waals surface area (Å²) in [5, 5.41) is 0. The van der Waals surface area contributed by atoms with Crippen LogP contribution in [0.3, 0.4) is 0 Å². The van der Waals surface area contributed by atoms with Gasteiger partial charge in [0, 0.05) is 13.1 Å². The highest BCUT2D eigenvalue weighted by atomic mass is 16.5. The molecule has 2 rings (SSSR count). The number of aromatic nitrogens is 2. The minimum absolute atomic E-state index is 0.0677. The summed E-state index contributed by atoms with van der Waals surface area (Å²) in [4.78, 5) is 4.54. The van der Waals surface area contributed by atoms with E-state index in [1.54, 1.807) is 0 Å². The van der Waals surface area contributed by atoms with Crippen LogP contribution in [0, 0.1) is 0 Å². The van der Waals surface area contributed by atoms with Crippen LogP contribution in [0.15, 0.2) is 18.2 Å². The Labute approximate surface area is 101 Å². The number of imidazole rings is 1. The monoisotopic (exact) mass is 233 g/mol. The van der Waals surface area contributed by atoms with Crippen molar-refractivity contribution < 1.29 is 4.74 Å². The van der Waals surface area contributed by atoms with Gasteiger partial charge >= 0.3 is 0 Å². The van der Waals surface area contributed by atoms with Crippen molar-refractivity contribution in [3.8, 4) is 5.75 Å². The maximum absolute atomic E-state index is 5.88. The number of benzene rings is 1. The molecule has 0 saturated heterocycles. The van der Waals surface area contributed by atoms with Gasteiger partial charge in [-0.2, -0.15) is 0 Å². The van der Waals surface area contributed by atoms with Crippen LogP contribution in [0.2, 0.25) is 0 Å². The Kier molecular flexibility index (Phi) is 3.07. The van der Waals surface area contributed by atoms with Gasteiger partial charge in [-0.1, -0.05) is 0 Å². The van der Waals surface area contributed by atoms with Crippen LogP contribution in [0.5, 0.6) is 5.75 Å². The fourth-order valence-electron chi connectivity index (χ4n) is 1.95. The summed E-state index contributed by atoms with van der Waals surface area (Å²) >= 11 is 0. The number of aryl methyl sites for hydroxylation is 1. The second-order valence-electron chi connectivity index (χ2n) is 4.63. The number of hydrogen-bond acceptors (Lipinski definition) is 3. The van der Waals surface area contributed by atoms with Crippen molar-refractivity contribution in [2.45, 2.75) is 32.9 Å². The van der Waals surface area contributed by atoms with Gasteiger partial charge in [-0.05, 0) is 32.9 Å². The first-order valence-electron chi connectivity index (χ1n) is 5.87. The molecule has 2 N–H and O–H groups in total. The van der Waals surface area contributed by atoms with Crippen LogP contribution >= 0.6 is 0 Å². The number of hydrogen-bond donors (Lipinski definition) is 1. The number of fused-ring (bicyclic) bond motifs is 1. The standard InChI is InChI=1S/C13H19N3O/c1-8(2)17-10-5-6-12-11(7-10)15-13(9(3)14)16(12)4/h5-9H,14H2,1-4H3. The highest BCUT2D eigenvalue weighted by Gasteiger charge is 2.11. The highest BCUT2D eigenvalue weighted by molar-refractivity contribution is 5.77. The van der Waals surface area contributed by atoms with Gasteiger partial charge in [0.15, 0.2) is 0 Å². The Balaban J connectivity index is 2.48. The Bertz CT molecular complexity index is 529. The average molecular weight is 233 g/mol. The summed E-state index contributed by atoms with van der Waals surface area (Å²) < 4.78 is 7.68. The van der Waals surface area contributed by atoms with E-state index in [9.17, 15) is 0 Å².